The van der Waals surface area contributed by atoms with E-state index in [9.17, 15) is 4.79 Å². The Bertz CT molecular complexity index is 383. The number of hydrogen-bond donors (Lipinski definition) is 2. The molecule has 100 valence electrons. The monoisotopic (exact) mass is 331 g/mol. The summed E-state index contributed by atoms with van der Waals surface area (Å²) < 4.78 is 0.961. The van der Waals surface area contributed by atoms with Crippen LogP contribution >= 0.6 is 27.7 Å². The molecule has 0 bridgehead atoms. The second-order valence-electron chi connectivity index (χ2n) is 4.23. The minimum absolute atomic E-state index is 0.248. The predicted molar refractivity (Wildman–Crippen MR) is 78.5 cm³/mol. The molecule has 1 amide bonds. The van der Waals surface area contributed by atoms with Gasteiger partial charge in [0.2, 0.25) is 5.91 Å². The molecule has 1 rings (SSSR count). The molecule has 0 fully saturated rings. The van der Waals surface area contributed by atoms with E-state index in [-0.39, 0.29) is 18.0 Å². The Morgan fingerprint density at radius 2 is 2.28 bits per heavy atom. The molecule has 1 aromatic heterocycles. The van der Waals surface area contributed by atoms with Crippen molar-refractivity contribution in [1.82, 2.24) is 10.3 Å². The van der Waals surface area contributed by atoms with Gasteiger partial charge in [-0.05, 0) is 34.5 Å². The van der Waals surface area contributed by atoms with Gasteiger partial charge >= 0.3 is 0 Å². The topological polar surface area (TPSA) is 68.0 Å². The van der Waals surface area contributed by atoms with Crippen LogP contribution in [0.4, 0.5) is 0 Å². The molecule has 1 heterocycles. The highest BCUT2D eigenvalue weighted by Crippen LogP contribution is 2.18. The average Bonchev–Trinajstić information content (AvgIpc) is 2.29. The standard InChI is InChI=1S/C12H18BrN3OS/c1-8(2)16-10(12(14)17)5-6-18-11-4-3-9(13)7-15-11/h3-4,7-8,10,16H,5-6H2,1-2H3,(H2,14,17). The number of nitrogens with two attached hydrogens (primary N) is 1. The first-order valence-electron chi connectivity index (χ1n) is 5.78. The van der Waals surface area contributed by atoms with Gasteiger partial charge in [0.1, 0.15) is 0 Å². The summed E-state index contributed by atoms with van der Waals surface area (Å²) >= 11 is 4.96. The largest absolute Gasteiger partial charge is 0.368 e. The smallest absolute Gasteiger partial charge is 0.234 e. The van der Waals surface area contributed by atoms with Gasteiger partial charge in [-0.1, -0.05) is 13.8 Å². The fourth-order valence-corrected chi connectivity index (χ4v) is 2.53. The maximum absolute atomic E-state index is 11.3. The number of hydrogen-bond acceptors (Lipinski definition) is 4. The minimum atomic E-state index is -0.298. The van der Waals surface area contributed by atoms with E-state index in [1.807, 2.05) is 26.0 Å². The van der Waals surface area contributed by atoms with Crippen molar-refractivity contribution < 1.29 is 4.79 Å². The van der Waals surface area contributed by atoms with Crippen molar-refractivity contribution in [2.75, 3.05) is 5.75 Å². The number of carbonyl (C=O) groups excluding carboxylic acids is 1. The SMILES string of the molecule is CC(C)NC(CCSc1ccc(Br)cn1)C(N)=O. The second-order valence-corrected chi connectivity index (χ2v) is 6.26. The van der Waals surface area contributed by atoms with Gasteiger partial charge < -0.3 is 11.1 Å². The van der Waals surface area contributed by atoms with Gasteiger partial charge in [0, 0.05) is 22.5 Å². The van der Waals surface area contributed by atoms with Crippen LogP contribution in [0.25, 0.3) is 0 Å². The summed E-state index contributed by atoms with van der Waals surface area (Å²) in [6.07, 6.45) is 2.47. The van der Waals surface area contributed by atoms with Crippen LogP contribution in [0, 0.1) is 0 Å². The van der Waals surface area contributed by atoms with E-state index in [4.69, 9.17) is 5.73 Å². The third-order valence-electron chi connectivity index (χ3n) is 2.23. The van der Waals surface area contributed by atoms with Crippen molar-refractivity contribution in [2.45, 2.75) is 37.4 Å². The summed E-state index contributed by atoms with van der Waals surface area (Å²) in [5.41, 5.74) is 5.35. The predicted octanol–water partition coefficient (Wildman–Crippen LogP) is 2.18. The van der Waals surface area contributed by atoms with E-state index in [1.54, 1.807) is 18.0 Å². The molecule has 0 saturated heterocycles. The van der Waals surface area contributed by atoms with Crippen LogP contribution in [0.2, 0.25) is 0 Å². The van der Waals surface area contributed by atoms with Crippen molar-refractivity contribution in [3.05, 3.63) is 22.8 Å². The molecule has 0 aliphatic rings. The Balaban J connectivity index is 2.38. The zero-order chi connectivity index (χ0) is 13.5. The van der Waals surface area contributed by atoms with Crippen LogP contribution in [-0.2, 0) is 4.79 Å². The van der Waals surface area contributed by atoms with E-state index in [2.05, 4.69) is 26.2 Å². The molecule has 0 aliphatic carbocycles. The van der Waals surface area contributed by atoms with Gasteiger partial charge in [0.15, 0.2) is 0 Å². The van der Waals surface area contributed by atoms with Crippen molar-refractivity contribution in [1.29, 1.82) is 0 Å². The third-order valence-corrected chi connectivity index (χ3v) is 3.68. The van der Waals surface area contributed by atoms with Gasteiger partial charge in [0.25, 0.3) is 0 Å². The van der Waals surface area contributed by atoms with Crippen molar-refractivity contribution in [2.24, 2.45) is 5.73 Å². The molecule has 4 nitrogen and oxygen atoms in total. The van der Waals surface area contributed by atoms with Crippen molar-refractivity contribution >= 4 is 33.6 Å². The fraction of sp³-hybridized carbons (Fsp3) is 0.500. The van der Waals surface area contributed by atoms with E-state index in [1.165, 1.54) is 0 Å². The first kappa shape index (κ1) is 15.5. The number of amides is 1. The van der Waals surface area contributed by atoms with Crippen LogP contribution in [0.5, 0.6) is 0 Å². The van der Waals surface area contributed by atoms with Crippen LogP contribution in [0.15, 0.2) is 27.8 Å². The highest BCUT2D eigenvalue weighted by atomic mass is 79.9. The average molecular weight is 332 g/mol. The molecule has 1 unspecified atom stereocenters. The van der Waals surface area contributed by atoms with E-state index in [0.29, 0.717) is 6.42 Å². The van der Waals surface area contributed by atoms with Crippen LogP contribution in [-0.4, -0.2) is 28.7 Å². The number of pyridine rings is 1. The van der Waals surface area contributed by atoms with Gasteiger partial charge in [-0.3, -0.25) is 4.79 Å². The molecule has 0 spiro atoms. The molecular formula is C12H18BrN3OS. The zero-order valence-corrected chi connectivity index (χ0v) is 12.9. The molecule has 0 aromatic carbocycles. The van der Waals surface area contributed by atoms with Gasteiger partial charge in [-0.2, -0.15) is 0 Å². The highest BCUT2D eigenvalue weighted by Gasteiger charge is 2.15. The minimum Gasteiger partial charge on any atom is -0.368 e. The summed E-state index contributed by atoms with van der Waals surface area (Å²) in [6.45, 7) is 4.00. The summed E-state index contributed by atoms with van der Waals surface area (Å²) in [5, 5.41) is 4.11. The van der Waals surface area contributed by atoms with Crippen LogP contribution < -0.4 is 11.1 Å². The summed E-state index contributed by atoms with van der Waals surface area (Å²) in [7, 11) is 0. The number of nitrogens with one attached hydrogen (secondary N) is 1. The lowest BCUT2D eigenvalue weighted by molar-refractivity contribution is -0.120. The van der Waals surface area contributed by atoms with Crippen molar-refractivity contribution in [3.8, 4) is 0 Å². The first-order chi connectivity index (χ1) is 8.49. The molecular weight excluding hydrogens is 314 g/mol. The Kier molecular flexibility index (Phi) is 6.67. The van der Waals surface area contributed by atoms with Crippen LogP contribution in [0.1, 0.15) is 20.3 Å². The molecule has 18 heavy (non-hydrogen) atoms. The summed E-state index contributed by atoms with van der Waals surface area (Å²) in [4.78, 5) is 15.5. The highest BCUT2D eigenvalue weighted by molar-refractivity contribution is 9.10. The number of rotatable bonds is 7. The lowest BCUT2D eigenvalue weighted by atomic mass is 10.2. The number of nitrogens with zero attached hydrogens (tertiary/aromatic N) is 1. The molecule has 1 aromatic rings. The molecule has 0 aliphatic heterocycles. The van der Waals surface area contributed by atoms with Gasteiger partial charge in [-0.15, -0.1) is 11.8 Å². The molecule has 0 radical (unpaired) electrons. The molecule has 0 saturated carbocycles. The van der Waals surface area contributed by atoms with Gasteiger partial charge in [0.05, 0.1) is 11.1 Å². The van der Waals surface area contributed by atoms with Gasteiger partial charge in [-0.25, -0.2) is 4.98 Å². The fourth-order valence-electron chi connectivity index (χ4n) is 1.44. The number of primary amides is 1. The molecule has 6 heteroatoms. The Morgan fingerprint density at radius 1 is 1.56 bits per heavy atom. The molecule has 1 atom stereocenters. The zero-order valence-electron chi connectivity index (χ0n) is 10.5. The maximum Gasteiger partial charge on any atom is 0.234 e. The van der Waals surface area contributed by atoms with E-state index < -0.39 is 0 Å². The number of aromatic nitrogens is 1. The van der Waals surface area contributed by atoms with Crippen LogP contribution in [0.3, 0.4) is 0 Å². The number of carbonyl (C=O) groups is 1. The normalized spacial score (nSPS) is 12.7. The summed E-state index contributed by atoms with van der Waals surface area (Å²) in [6, 6.07) is 3.88. The Labute approximate surface area is 120 Å². The lowest BCUT2D eigenvalue weighted by Crippen LogP contribution is -2.44. The van der Waals surface area contributed by atoms with E-state index in [0.717, 1.165) is 15.3 Å². The first-order valence-corrected chi connectivity index (χ1v) is 7.56. The number of thioether (sulfide) groups is 1. The van der Waals surface area contributed by atoms with E-state index >= 15 is 0 Å². The van der Waals surface area contributed by atoms with Crippen molar-refractivity contribution in [3.63, 3.8) is 0 Å². The second kappa shape index (κ2) is 7.76. The number of halogens is 1. The Morgan fingerprint density at radius 3 is 2.78 bits per heavy atom. The lowest BCUT2D eigenvalue weighted by Gasteiger charge is -2.17. The molecule has 3 N–H and O–H groups in total. The quantitative estimate of drug-likeness (QED) is 0.751. The maximum atomic E-state index is 11.3. The summed E-state index contributed by atoms with van der Waals surface area (Å²) in [5.74, 6) is 0.509. The third kappa shape index (κ3) is 5.84. The Hall–Kier alpha value is -0.590.